The molecule has 0 aliphatic rings. The molecule has 1 aromatic rings. The largest absolute Gasteiger partial charge is 0.302 e. The highest BCUT2D eigenvalue weighted by molar-refractivity contribution is 7.79. The van der Waals surface area contributed by atoms with E-state index < -0.39 is 11.1 Å². The summed E-state index contributed by atoms with van der Waals surface area (Å²) in [5, 5.41) is 0. The van der Waals surface area contributed by atoms with Crippen LogP contribution in [0, 0.1) is 6.92 Å². The Bertz CT molecular complexity index is 447. The second kappa shape index (κ2) is 4.52. The maximum absolute atomic E-state index is 11.0. The Morgan fingerprint density at radius 1 is 1.44 bits per heavy atom. The predicted octanol–water partition coefficient (Wildman–Crippen LogP) is 3.43. The lowest BCUT2D eigenvalue weighted by Gasteiger charge is -2.28. The molecule has 0 aliphatic heterocycles. The fourth-order valence-electron chi connectivity index (χ4n) is 1.61. The van der Waals surface area contributed by atoms with Crippen molar-refractivity contribution in [2.45, 2.75) is 38.0 Å². The summed E-state index contributed by atoms with van der Waals surface area (Å²) in [7, 11) is 0. The first-order chi connectivity index (χ1) is 7.26. The van der Waals surface area contributed by atoms with Gasteiger partial charge in [0.15, 0.2) is 11.1 Å². The molecule has 0 spiro atoms. The summed E-state index contributed by atoms with van der Waals surface area (Å²) in [4.78, 5) is 0.440. The molecule has 1 unspecified atom stereocenters. The van der Waals surface area contributed by atoms with E-state index in [1.807, 2.05) is 19.9 Å². The van der Waals surface area contributed by atoms with E-state index in [0.29, 0.717) is 4.90 Å². The van der Waals surface area contributed by atoms with E-state index in [4.69, 9.17) is 4.55 Å². The summed E-state index contributed by atoms with van der Waals surface area (Å²) >= 11 is -1.93. The van der Waals surface area contributed by atoms with Gasteiger partial charge in [0.05, 0.1) is 4.90 Å². The van der Waals surface area contributed by atoms with Crippen LogP contribution in [-0.4, -0.2) is 8.76 Å². The molecular formula is C13H18O2S. The predicted molar refractivity (Wildman–Crippen MR) is 68.1 cm³/mol. The van der Waals surface area contributed by atoms with E-state index in [1.54, 1.807) is 12.1 Å². The fraction of sp³-hybridized carbons (Fsp3) is 0.385. The van der Waals surface area contributed by atoms with Crippen LogP contribution in [0.4, 0.5) is 0 Å². The van der Waals surface area contributed by atoms with Gasteiger partial charge in [-0.2, -0.15) is 0 Å². The summed E-state index contributed by atoms with van der Waals surface area (Å²) in [5.41, 5.74) is 3.03. The molecule has 0 heterocycles. The molecule has 0 amide bonds. The van der Waals surface area contributed by atoms with Gasteiger partial charge >= 0.3 is 0 Å². The summed E-state index contributed by atoms with van der Waals surface area (Å²) in [5.74, 6) is 0. The molecule has 0 bridgehead atoms. The highest BCUT2D eigenvalue weighted by atomic mass is 32.2. The van der Waals surface area contributed by atoms with Crippen molar-refractivity contribution in [3.05, 3.63) is 41.5 Å². The first kappa shape index (κ1) is 13.1. The minimum atomic E-state index is -1.93. The van der Waals surface area contributed by atoms with E-state index in [1.165, 1.54) is 0 Å². The van der Waals surface area contributed by atoms with Crippen LogP contribution < -0.4 is 0 Å². The van der Waals surface area contributed by atoms with Gasteiger partial charge in [0.2, 0.25) is 0 Å². The zero-order chi connectivity index (χ0) is 12.5. The second-order valence-electron chi connectivity index (χ2n) is 4.63. The first-order valence-corrected chi connectivity index (χ1v) is 6.25. The zero-order valence-electron chi connectivity index (χ0n) is 10.2. The third-order valence-electron chi connectivity index (χ3n) is 3.15. The van der Waals surface area contributed by atoms with E-state index in [2.05, 4.69) is 20.4 Å². The lowest BCUT2D eigenvalue weighted by Crippen LogP contribution is -2.19. The first-order valence-electron chi connectivity index (χ1n) is 5.14. The SMILES string of the molecule is C=C(C)C(C)(C)c1cc(S(=O)O)ccc1C. The van der Waals surface area contributed by atoms with Gasteiger partial charge in [0, 0.05) is 5.41 Å². The van der Waals surface area contributed by atoms with Crippen molar-refractivity contribution in [2.75, 3.05) is 0 Å². The van der Waals surface area contributed by atoms with Crippen molar-refractivity contribution in [2.24, 2.45) is 0 Å². The molecule has 1 N–H and O–H groups in total. The highest BCUT2D eigenvalue weighted by Crippen LogP contribution is 2.33. The summed E-state index contributed by atoms with van der Waals surface area (Å²) in [6.45, 7) is 12.1. The number of hydrogen-bond acceptors (Lipinski definition) is 1. The van der Waals surface area contributed by atoms with Crippen molar-refractivity contribution >= 4 is 11.1 Å². The van der Waals surface area contributed by atoms with Crippen LogP contribution in [0.2, 0.25) is 0 Å². The van der Waals surface area contributed by atoms with Crippen molar-refractivity contribution in [1.82, 2.24) is 0 Å². The second-order valence-corrected chi connectivity index (χ2v) is 5.60. The van der Waals surface area contributed by atoms with E-state index in [0.717, 1.165) is 16.7 Å². The molecule has 3 heteroatoms. The molecule has 0 aliphatic carbocycles. The summed E-state index contributed by atoms with van der Waals surface area (Å²) in [6.07, 6.45) is 0. The summed E-state index contributed by atoms with van der Waals surface area (Å²) < 4.78 is 20.1. The average molecular weight is 238 g/mol. The Morgan fingerprint density at radius 3 is 2.44 bits per heavy atom. The highest BCUT2D eigenvalue weighted by Gasteiger charge is 2.24. The summed E-state index contributed by atoms with van der Waals surface area (Å²) in [6, 6.07) is 5.35. The van der Waals surface area contributed by atoms with E-state index >= 15 is 0 Å². The monoisotopic (exact) mass is 238 g/mol. The Balaban J connectivity index is 3.38. The van der Waals surface area contributed by atoms with Crippen LogP contribution in [0.15, 0.2) is 35.2 Å². The number of aryl methyl sites for hydroxylation is 1. The lowest BCUT2D eigenvalue weighted by atomic mass is 9.77. The Morgan fingerprint density at radius 2 is 2.00 bits per heavy atom. The van der Waals surface area contributed by atoms with Gasteiger partial charge in [-0.15, -0.1) is 0 Å². The molecule has 0 saturated carbocycles. The molecule has 0 fully saturated rings. The van der Waals surface area contributed by atoms with Crippen LogP contribution in [0.5, 0.6) is 0 Å². The van der Waals surface area contributed by atoms with Crippen LogP contribution in [0.3, 0.4) is 0 Å². The van der Waals surface area contributed by atoms with Crippen LogP contribution >= 0.6 is 0 Å². The van der Waals surface area contributed by atoms with E-state index in [-0.39, 0.29) is 5.41 Å². The smallest absolute Gasteiger partial charge is 0.186 e. The quantitative estimate of drug-likeness (QED) is 0.647. The molecule has 1 aromatic carbocycles. The van der Waals surface area contributed by atoms with Gasteiger partial charge < -0.3 is 4.55 Å². The van der Waals surface area contributed by atoms with Crippen LogP contribution in [0.1, 0.15) is 31.9 Å². The number of hydrogen-bond donors (Lipinski definition) is 1. The molecule has 0 radical (unpaired) electrons. The number of allylic oxidation sites excluding steroid dienone is 1. The van der Waals surface area contributed by atoms with Gasteiger partial charge in [0.25, 0.3) is 0 Å². The normalized spacial score (nSPS) is 13.6. The maximum Gasteiger partial charge on any atom is 0.186 e. The topological polar surface area (TPSA) is 37.3 Å². The average Bonchev–Trinajstić information content (AvgIpc) is 2.17. The fourth-order valence-corrected chi connectivity index (χ4v) is 2.02. The molecule has 2 nitrogen and oxygen atoms in total. The zero-order valence-corrected chi connectivity index (χ0v) is 11.0. The molecule has 16 heavy (non-hydrogen) atoms. The van der Waals surface area contributed by atoms with Crippen molar-refractivity contribution < 1.29 is 8.76 Å². The van der Waals surface area contributed by atoms with E-state index in [9.17, 15) is 4.21 Å². The van der Waals surface area contributed by atoms with Gasteiger partial charge in [-0.3, -0.25) is 0 Å². The standard InChI is InChI=1S/C13H18O2S/c1-9(2)13(4,5)12-8-11(16(14)15)7-6-10(12)3/h6-8H,1H2,2-5H3,(H,14,15). The van der Waals surface area contributed by atoms with Gasteiger partial charge in [-0.05, 0) is 37.1 Å². The Hall–Kier alpha value is -0.930. The minimum Gasteiger partial charge on any atom is -0.302 e. The third kappa shape index (κ3) is 2.42. The molecule has 0 saturated heterocycles. The lowest BCUT2D eigenvalue weighted by molar-refractivity contribution is 0.563. The Kier molecular flexibility index (Phi) is 3.71. The van der Waals surface area contributed by atoms with Crippen molar-refractivity contribution in [3.63, 3.8) is 0 Å². The molecule has 1 atom stereocenters. The van der Waals surface area contributed by atoms with Crippen molar-refractivity contribution in [3.8, 4) is 0 Å². The van der Waals surface area contributed by atoms with Crippen molar-refractivity contribution in [1.29, 1.82) is 0 Å². The minimum absolute atomic E-state index is 0.181. The third-order valence-corrected chi connectivity index (χ3v) is 3.81. The Labute approximate surface area is 99.7 Å². The molecular weight excluding hydrogens is 220 g/mol. The van der Waals surface area contributed by atoms with Gasteiger partial charge in [0.1, 0.15) is 0 Å². The van der Waals surface area contributed by atoms with Crippen LogP contribution in [-0.2, 0) is 16.5 Å². The molecule has 88 valence electrons. The number of benzene rings is 1. The van der Waals surface area contributed by atoms with Gasteiger partial charge in [-0.1, -0.05) is 32.1 Å². The molecule has 1 rings (SSSR count). The van der Waals surface area contributed by atoms with Gasteiger partial charge in [-0.25, -0.2) is 4.21 Å². The van der Waals surface area contributed by atoms with Crippen LogP contribution in [0.25, 0.3) is 0 Å². The number of rotatable bonds is 3. The maximum atomic E-state index is 11.0. The molecule has 0 aromatic heterocycles.